The molecule has 0 saturated carbocycles. The van der Waals surface area contributed by atoms with Gasteiger partial charge in [0, 0.05) is 20.1 Å². The second-order valence-electron chi connectivity index (χ2n) is 15.0. The van der Waals surface area contributed by atoms with Crippen molar-refractivity contribution in [3.05, 3.63) is 192 Å². The Hall–Kier alpha value is -5.32. The molecule has 392 valence electrons. The molecule has 7 aromatic rings. The molecule has 0 saturated heterocycles. The van der Waals surface area contributed by atoms with E-state index in [1.54, 1.807) is 14.2 Å². The second kappa shape index (κ2) is 24.1. The first-order valence-corrected chi connectivity index (χ1v) is 24.6. The van der Waals surface area contributed by atoms with Gasteiger partial charge >= 0.3 is 177 Å². The van der Waals surface area contributed by atoms with Crippen LogP contribution in [0.15, 0.2) is 78.9 Å². The Morgan fingerprint density at radius 2 is 0.595 bits per heavy atom. The standard InChI is InChI=1S/C24BCl4F16.C24H27O4Se/c26-5-1(9(30)17(38)21(42)13(5)34)25(2-6(27)14(35)22(43)18(39)10(2)31,3-7(28)15(36)23(44)19(40)11(3)32)4-8(29)16(37)24(45)20(41)12(4)33;1-25-16-18-27-21-12-6-8-14-23(21)29(20-10-4-3-5-11-20)24-15-9-7-13-22(24)28-19-17-26-2/h;3-15H,16-19H2,1-2H3/q-1;+1. The zero-order valence-electron chi connectivity index (χ0n) is 37.0. The Morgan fingerprint density at radius 1 is 0.338 bits per heavy atom. The average Bonchev–Trinajstić information content (AvgIpc) is 3.40. The van der Waals surface area contributed by atoms with E-state index in [1.165, 1.54) is 13.4 Å². The van der Waals surface area contributed by atoms with E-state index in [1.807, 2.05) is 24.3 Å². The summed E-state index contributed by atoms with van der Waals surface area (Å²) in [5.41, 5.74) is -10.7. The zero-order valence-corrected chi connectivity index (χ0v) is 41.7. The van der Waals surface area contributed by atoms with E-state index in [0.717, 1.165) is 11.5 Å². The van der Waals surface area contributed by atoms with Crippen LogP contribution >= 0.6 is 46.4 Å². The molecule has 0 aliphatic rings. The molecule has 0 amide bonds. The minimum Gasteiger partial charge on any atom is -0.207 e. The predicted molar refractivity (Wildman–Crippen MR) is 248 cm³/mol. The molecular weight excluding hydrogens is 1180 g/mol. The van der Waals surface area contributed by atoms with Crippen molar-refractivity contribution in [2.75, 3.05) is 40.6 Å². The third-order valence-corrected chi connectivity index (χ3v) is 17.2. The van der Waals surface area contributed by atoms with Crippen molar-refractivity contribution in [2.45, 2.75) is 0 Å². The third-order valence-electron chi connectivity index (χ3n) is 10.9. The summed E-state index contributed by atoms with van der Waals surface area (Å²) in [5, 5.41) is -9.69. The van der Waals surface area contributed by atoms with Gasteiger partial charge in [-0.15, -0.1) is 21.9 Å². The Labute approximate surface area is 433 Å². The monoisotopic (exact) mass is 1200 g/mol. The maximum Gasteiger partial charge on any atom is 0.198 e. The van der Waals surface area contributed by atoms with Crippen LogP contribution in [0.3, 0.4) is 0 Å². The summed E-state index contributed by atoms with van der Waals surface area (Å²) in [4.78, 5) is 0. The van der Waals surface area contributed by atoms with Crippen LogP contribution in [0.5, 0.6) is 11.5 Å². The van der Waals surface area contributed by atoms with Gasteiger partial charge in [0.1, 0.15) is 29.4 Å². The summed E-state index contributed by atoms with van der Waals surface area (Å²) >= 11 is 20.6. The van der Waals surface area contributed by atoms with Crippen LogP contribution < -0.4 is 44.7 Å². The van der Waals surface area contributed by atoms with Gasteiger partial charge in [-0.25, -0.2) is 70.2 Å². The van der Waals surface area contributed by atoms with Gasteiger partial charge in [0.05, 0.1) is 0 Å². The Balaban J connectivity index is 0.000000265. The smallest absolute Gasteiger partial charge is 0.198 e. The molecule has 74 heavy (non-hydrogen) atoms. The average molecular weight is 1200 g/mol. The molecule has 26 heteroatoms. The fourth-order valence-corrected chi connectivity index (χ4v) is 13.8. The van der Waals surface area contributed by atoms with Crippen molar-refractivity contribution >= 4 is 102 Å². The summed E-state index contributed by atoms with van der Waals surface area (Å²) in [5.74, 6) is -46.5. The first-order valence-electron chi connectivity index (χ1n) is 20.5. The summed E-state index contributed by atoms with van der Waals surface area (Å²) in [6, 6.07) is 27.2. The largest absolute Gasteiger partial charge is 0.207 e. The van der Waals surface area contributed by atoms with Gasteiger partial charge in [-0.05, 0) is 0 Å². The predicted octanol–water partition coefficient (Wildman–Crippen LogP) is 10.2. The van der Waals surface area contributed by atoms with Crippen LogP contribution in [0.4, 0.5) is 70.2 Å². The molecular formula is C48H27BCl4F16O4Se. The Morgan fingerprint density at radius 3 is 0.878 bits per heavy atom. The SMILES string of the molecule is COCCOc1ccccc1[Se+](c1ccccc1)c1ccccc1OCCOC.Fc1c(F)c(F)c([B-](c2c(F)c(F)c(F)c(F)c2Cl)(c2c(F)c(F)c(F)c(F)c2Cl)c2c(F)c(F)c(F)c(F)c2Cl)c(Cl)c1F. The zero-order chi connectivity index (χ0) is 54.7. The third kappa shape index (κ3) is 10.4. The van der Waals surface area contributed by atoms with Crippen LogP contribution in [0.25, 0.3) is 0 Å². The van der Waals surface area contributed by atoms with E-state index < -0.39 is 155 Å². The van der Waals surface area contributed by atoms with Crippen molar-refractivity contribution in [2.24, 2.45) is 0 Å². The van der Waals surface area contributed by atoms with Crippen LogP contribution in [-0.2, 0) is 9.47 Å². The summed E-state index contributed by atoms with van der Waals surface area (Å²) < 4.78 is 264. The molecule has 0 atom stereocenters. The fourth-order valence-electron chi connectivity index (χ4n) is 7.75. The molecule has 0 spiro atoms. The van der Waals surface area contributed by atoms with E-state index in [-0.39, 0.29) is 0 Å². The van der Waals surface area contributed by atoms with Gasteiger partial charge in [-0.3, -0.25) is 0 Å². The molecule has 0 unspecified atom stereocenters. The van der Waals surface area contributed by atoms with Gasteiger partial charge in [-0.2, -0.15) is 0 Å². The van der Waals surface area contributed by atoms with Gasteiger partial charge < -0.3 is 0 Å². The molecule has 0 aliphatic carbocycles. The van der Waals surface area contributed by atoms with Crippen LogP contribution in [0.1, 0.15) is 0 Å². The number of halogens is 20. The van der Waals surface area contributed by atoms with E-state index in [9.17, 15) is 52.7 Å². The van der Waals surface area contributed by atoms with Gasteiger partial charge in [0.15, 0.2) is 69.8 Å². The number of ether oxygens (including phenoxy) is 4. The van der Waals surface area contributed by atoms with Gasteiger partial charge in [0.25, 0.3) is 0 Å². The number of hydrogen-bond acceptors (Lipinski definition) is 4. The van der Waals surface area contributed by atoms with Crippen molar-refractivity contribution in [3.8, 4) is 11.5 Å². The molecule has 0 heterocycles. The minimum absolute atomic E-state index is 0.521. The van der Waals surface area contributed by atoms with E-state index in [4.69, 9.17) is 65.4 Å². The number of hydrogen-bond donors (Lipinski definition) is 0. The van der Waals surface area contributed by atoms with Crippen molar-refractivity contribution in [1.82, 2.24) is 0 Å². The van der Waals surface area contributed by atoms with Crippen LogP contribution in [-0.4, -0.2) is 60.7 Å². The van der Waals surface area contributed by atoms with E-state index >= 15 is 17.6 Å². The van der Waals surface area contributed by atoms with E-state index in [2.05, 4.69) is 54.6 Å². The maximum atomic E-state index is 15.8. The first-order chi connectivity index (χ1) is 35.0. The van der Waals surface area contributed by atoms with Gasteiger partial charge in [-0.1, -0.05) is 46.4 Å². The van der Waals surface area contributed by atoms with Gasteiger partial charge in [0.2, 0.25) is 0 Å². The second-order valence-corrected chi connectivity index (χ2v) is 20.6. The Kier molecular flexibility index (Phi) is 18.9. The minimum atomic E-state index is -6.24. The topological polar surface area (TPSA) is 36.9 Å². The summed E-state index contributed by atoms with van der Waals surface area (Å²) in [7, 11) is 3.37. The number of rotatable bonds is 15. The molecule has 0 radical (unpaired) electrons. The number of benzene rings is 7. The fraction of sp³-hybridized carbons (Fsp3) is 0.125. The Bertz CT molecular complexity index is 2820. The summed E-state index contributed by atoms with van der Waals surface area (Å²) in [6.45, 7) is 2.16. The maximum absolute atomic E-state index is 15.8. The number of para-hydroxylation sites is 2. The van der Waals surface area contributed by atoms with Crippen molar-refractivity contribution in [3.63, 3.8) is 0 Å². The number of methoxy groups -OCH3 is 2. The quantitative estimate of drug-likeness (QED) is 0.0337. The normalized spacial score (nSPS) is 11.6. The van der Waals surface area contributed by atoms with Crippen LogP contribution in [0.2, 0.25) is 20.1 Å². The van der Waals surface area contributed by atoms with E-state index in [0.29, 0.717) is 26.4 Å². The molecule has 0 aromatic heterocycles. The van der Waals surface area contributed by atoms with Crippen LogP contribution in [0, 0.1) is 93.1 Å². The molecule has 0 N–H and O–H groups in total. The molecule has 0 fully saturated rings. The summed E-state index contributed by atoms with van der Waals surface area (Å²) in [6.07, 6.45) is -6.24. The molecule has 0 bridgehead atoms. The molecule has 7 aromatic carbocycles. The first kappa shape index (κ1) is 58.0. The molecule has 7 rings (SSSR count). The molecule has 4 nitrogen and oxygen atoms in total. The van der Waals surface area contributed by atoms with Crippen molar-refractivity contribution < 1.29 is 89.2 Å². The van der Waals surface area contributed by atoms with Crippen molar-refractivity contribution in [1.29, 1.82) is 0 Å². The molecule has 0 aliphatic heterocycles.